The molecule has 0 unspecified atom stereocenters. The highest BCUT2D eigenvalue weighted by Gasteiger charge is 2.12. The topological polar surface area (TPSA) is 75.7 Å². The van der Waals surface area contributed by atoms with Crippen LogP contribution in [0.25, 0.3) is 11.0 Å². The molecule has 0 atom stereocenters. The lowest BCUT2D eigenvalue weighted by Crippen LogP contribution is -2.03. The maximum Gasteiger partial charge on any atom is 0.235 e. The molecule has 2 heterocycles. The SMILES string of the molecule is CCNc1nc(Oc2ccccc2C)c2cn[nH]c2n1. The van der Waals surface area contributed by atoms with Crippen LogP contribution in [0.1, 0.15) is 12.5 Å². The molecule has 0 bridgehead atoms. The first-order chi connectivity index (χ1) is 9.78. The number of nitrogens with one attached hydrogen (secondary N) is 2. The fraction of sp³-hybridized carbons (Fsp3) is 0.214. The summed E-state index contributed by atoms with van der Waals surface area (Å²) < 4.78 is 5.92. The van der Waals surface area contributed by atoms with Crippen molar-refractivity contribution in [2.24, 2.45) is 0 Å². The summed E-state index contributed by atoms with van der Waals surface area (Å²) in [6, 6.07) is 7.81. The molecule has 0 radical (unpaired) electrons. The fourth-order valence-electron chi connectivity index (χ4n) is 1.90. The van der Waals surface area contributed by atoms with Gasteiger partial charge in [0.2, 0.25) is 11.8 Å². The van der Waals surface area contributed by atoms with E-state index in [0.29, 0.717) is 17.5 Å². The van der Waals surface area contributed by atoms with Gasteiger partial charge in [-0.2, -0.15) is 15.1 Å². The van der Waals surface area contributed by atoms with Crippen LogP contribution in [-0.2, 0) is 0 Å². The average Bonchev–Trinajstić information content (AvgIpc) is 2.90. The van der Waals surface area contributed by atoms with E-state index in [0.717, 1.165) is 23.2 Å². The summed E-state index contributed by atoms with van der Waals surface area (Å²) in [5.74, 6) is 1.79. The van der Waals surface area contributed by atoms with Crippen LogP contribution in [-0.4, -0.2) is 26.7 Å². The first-order valence-corrected chi connectivity index (χ1v) is 6.46. The van der Waals surface area contributed by atoms with Gasteiger partial charge in [-0.05, 0) is 25.5 Å². The summed E-state index contributed by atoms with van der Waals surface area (Å²) in [6.45, 7) is 4.72. The molecule has 0 saturated carbocycles. The van der Waals surface area contributed by atoms with Crippen molar-refractivity contribution in [1.29, 1.82) is 0 Å². The molecule has 0 aliphatic rings. The summed E-state index contributed by atoms with van der Waals surface area (Å²) in [5, 5.41) is 10.7. The molecule has 102 valence electrons. The largest absolute Gasteiger partial charge is 0.438 e. The number of fused-ring (bicyclic) bond motifs is 1. The van der Waals surface area contributed by atoms with Crippen LogP contribution < -0.4 is 10.1 Å². The van der Waals surface area contributed by atoms with E-state index in [2.05, 4.69) is 25.5 Å². The normalized spacial score (nSPS) is 10.7. The zero-order valence-electron chi connectivity index (χ0n) is 11.3. The maximum absolute atomic E-state index is 5.92. The van der Waals surface area contributed by atoms with Crippen LogP contribution in [0.2, 0.25) is 0 Å². The van der Waals surface area contributed by atoms with Crippen LogP contribution in [0.3, 0.4) is 0 Å². The standard InChI is InChI=1S/C14H15N5O/c1-3-15-14-17-12-10(8-16-19-12)13(18-14)20-11-7-5-4-6-9(11)2/h4-8H,3H2,1-2H3,(H2,15,16,17,18,19). The molecule has 0 spiro atoms. The lowest BCUT2D eigenvalue weighted by molar-refractivity contribution is 0.465. The molecular weight excluding hydrogens is 254 g/mol. The van der Waals surface area contributed by atoms with Crippen molar-refractivity contribution in [1.82, 2.24) is 20.2 Å². The van der Waals surface area contributed by atoms with Crippen molar-refractivity contribution in [3.8, 4) is 11.6 Å². The lowest BCUT2D eigenvalue weighted by atomic mass is 10.2. The quantitative estimate of drug-likeness (QED) is 0.761. The van der Waals surface area contributed by atoms with Gasteiger partial charge in [0.25, 0.3) is 0 Å². The Labute approximate surface area is 116 Å². The minimum Gasteiger partial charge on any atom is -0.438 e. The number of nitrogens with zero attached hydrogens (tertiary/aromatic N) is 3. The number of benzene rings is 1. The molecule has 20 heavy (non-hydrogen) atoms. The number of anilines is 1. The maximum atomic E-state index is 5.92. The van der Waals surface area contributed by atoms with Crippen molar-refractivity contribution in [2.75, 3.05) is 11.9 Å². The third kappa shape index (κ3) is 2.27. The summed E-state index contributed by atoms with van der Waals surface area (Å²) in [4.78, 5) is 8.72. The minimum absolute atomic E-state index is 0.494. The van der Waals surface area contributed by atoms with Gasteiger partial charge >= 0.3 is 0 Å². The molecule has 3 rings (SSSR count). The zero-order chi connectivity index (χ0) is 13.9. The van der Waals surface area contributed by atoms with Gasteiger partial charge in [-0.1, -0.05) is 18.2 Å². The summed E-state index contributed by atoms with van der Waals surface area (Å²) in [5.41, 5.74) is 1.70. The Hall–Kier alpha value is -2.63. The number of hydrogen-bond donors (Lipinski definition) is 2. The molecule has 2 aromatic heterocycles. The summed E-state index contributed by atoms with van der Waals surface area (Å²) in [7, 11) is 0. The second-order valence-electron chi connectivity index (χ2n) is 4.38. The van der Waals surface area contributed by atoms with Crippen LogP contribution >= 0.6 is 0 Å². The summed E-state index contributed by atoms with van der Waals surface area (Å²) >= 11 is 0. The molecule has 0 fully saturated rings. The molecule has 3 aromatic rings. The Morgan fingerprint density at radius 3 is 2.90 bits per heavy atom. The molecule has 0 aliphatic heterocycles. The van der Waals surface area contributed by atoms with Crippen LogP contribution in [0.4, 0.5) is 5.95 Å². The first-order valence-electron chi connectivity index (χ1n) is 6.46. The molecule has 6 heteroatoms. The Bertz CT molecular complexity index is 737. The van der Waals surface area contributed by atoms with E-state index in [4.69, 9.17) is 4.74 Å². The number of rotatable bonds is 4. The van der Waals surface area contributed by atoms with Crippen LogP contribution in [0.5, 0.6) is 11.6 Å². The van der Waals surface area contributed by atoms with Crippen molar-refractivity contribution >= 4 is 17.0 Å². The second-order valence-corrected chi connectivity index (χ2v) is 4.38. The number of hydrogen-bond acceptors (Lipinski definition) is 5. The van der Waals surface area contributed by atoms with Crippen molar-refractivity contribution in [2.45, 2.75) is 13.8 Å². The number of aromatic amines is 1. The van der Waals surface area contributed by atoms with Gasteiger partial charge in [-0.25, -0.2) is 0 Å². The predicted octanol–water partition coefficient (Wildman–Crippen LogP) is 2.89. The van der Waals surface area contributed by atoms with E-state index in [9.17, 15) is 0 Å². The first kappa shape index (κ1) is 12.4. The molecule has 0 amide bonds. The van der Waals surface area contributed by atoms with Gasteiger partial charge in [0, 0.05) is 6.54 Å². The minimum atomic E-state index is 0.494. The monoisotopic (exact) mass is 269 g/mol. The third-order valence-corrected chi connectivity index (χ3v) is 2.91. The van der Waals surface area contributed by atoms with E-state index in [-0.39, 0.29) is 0 Å². The molecule has 1 aromatic carbocycles. The average molecular weight is 269 g/mol. The summed E-state index contributed by atoms with van der Waals surface area (Å²) in [6.07, 6.45) is 1.67. The van der Waals surface area contributed by atoms with E-state index in [1.54, 1.807) is 6.20 Å². The number of para-hydroxylation sites is 1. The predicted molar refractivity (Wildman–Crippen MR) is 77.1 cm³/mol. The van der Waals surface area contributed by atoms with Crippen molar-refractivity contribution in [3.63, 3.8) is 0 Å². The van der Waals surface area contributed by atoms with Gasteiger partial charge < -0.3 is 10.1 Å². The molecule has 0 aliphatic carbocycles. The number of ether oxygens (including phenoxy) is 1. The Morgan fingerprint density at radius 1 is 1.25 bits per heavy atom. The lowest BCUT2D eigenvalue weighted by Gasteiger charge is -2.09. The number of H-pyrrole nitrogens is 1. The van der Waals surface area contributed by atoms with E-state index >= 15 is 0 Å². The van der Waals surface area contributed by atoms with Crippen LogP contribution in [0.15, 0.2) is 30.5 Å². The van der Waals surface area contributed by atoms with E-state index in [1.165, 1.54) is 0 Å². The van der Waals surface area contributed by atoms with Gasteiger partial charge in [0.1, 0.15) is 11.1 Å². The van der Waals surface area contributed by atoms with Gasteiger partial charge in [-0.3, -0.25) is 5.10 Å². The smallest absolute Gasteiger partial charge is 0.235 e. The highest BCUT2D eigenvalue weighted by molar-refractivity contribution is 5.81. The van der Waals surface area contributed by atoms with E-state index in [1.807, 2.05) is 38.1 Å². The zero-order valence-corrected chi connectivity index (χ0v) is 11.3. The van der Waals surface area contributed by atoms with Gasteiger partial charge in [0.15, 0.2) is 5.65 Å². The second kappa shape index (κ2) is 5.16. The number of aryl methyl sites for hydroxylation is 1. The highest BCUT2D eigenvalue weighted by atomic mass is 16.5. The van der Waals surface area contributed by atoms with Crippen molar-refractivity contribution in [3.05, 3.63) is 36.0 Å². The molecular formula is C14H15N5O. The van der Waals surface area contributed by atoms with Crippen LogP contribution in [0, 0.1) is 6.92 Å². The Kier molecular flexibility index (Phi) is 3.20. The number of aromatic nitrogens is 4. The van der Waals surface area contributed by atoms with Crippen molar-refractivity contribution < 1.29 is 4.74 Å². The third-order valence-electron chi connectivity index (χ3n) is 2.91. The molecule has 0 saturated heterocycles. The highest BCUT2D eigenvalue weighted by Crippen LogP contribution is 2.29. The fourth-order valence-corrected chi connectivity index (χ4v) is 1.90. The Balaban J connectivity index is 2.05. The van der Waals surface area contributed by atoms with Gasteiger partial charge in [0.05, 0.1) is 6.20 Å². The van der Waals surface area contributed by atoms with E-state index < -0.39 is 0 Å². The van der Waals surface area contributed by atoms with Gasteiger partial charge in [-0.15, -0.1) is 0 Å². The molecule has 2 N–H and O–H groups in total. The Morgan fingerprint density at radius 2 is 2.10 bits per heavy atom. The molecule has 6 nitrogen and oxygen atoms in total.